The number of aryl methyl sites for hydroxylation is 1. The molecule has 3 nitrogen and oxygen atoms in total. The maximum Gasteiger partial charge on any atom is 0.146 e. The van der Waals surface area contributed by atoms with Crippen LogP contribution in [0.15, 0.2) is 36.4 Å². The molecule has 1 unspecified atom stereocenters. The molecule has 0 spiro atoms. The smallest absolute Gasteiger partial charge is 0.146 e. The summed E-state index contributed by atoms with van der Waals surface area (Å²) in [6, 6.07) is 10.8. The normalized spacial score (nSPS) is 16.8. The number of nitrogens with one attached hydrogen (secondary N) is 1. The standard InChI is InChI=1S/C17H18FNO2/c1-11-3-5-14(18)16(9-11)19-15-7-8-21-17-6-4-12(20-2)10-13(15)17/h3-6,9-10,15,19H,7-8H2,1-2H3. The Morgan fingerprint density at radius 3 is 2.90 bits per heavy atom. The van der Waals surface area contributed by atoms with Crippen molar-refractivity contribution in [2.75, 3.05) is 19.0 Å². The number of hydrogen-bond acceptors (Lipinski definition) is 3. The van der Waals surface area contributed by atoms with Crippen LogP contribution in [0, 0.1) is 12.7 Å². The van der Waals surface area contributed by atoms with Crippen molar-refractivity contribution in [1.82, 2.24) is 0 Å². The Balaban J connectivity index is 1.92. The molecule has 0 fully saturated rings. The van der Waals surface area contributed by atoms with Gasteiger partial charge in [-0.2, -0.15) is 0 Å². The predicted molar refractivity (Wildman–Crippen MR) is 80.6 cm³/mol. The fourth-order valence-electron chi connectivity index (χ4n) is 2.59. The topological polar surface area (TPSA) is 30.5 Å². The van der Waals surface area contributed by atoms with Gasteiger partial charge in [-0.25, -0.2) is 4.39 Å². The van der Waals surface area contributed by atoms with Crippen molar-refractivity contribution < 1.29 is 13.9 Å². The van der Waals surface area contributed by atoms with Gasteiger partial charge in [-0.15, -0.1) is 0 Å². The minimum Gasteiger partial charge on any atom is -0.497 e. The van der Waals surface area contributed by atoms with Crippen molar-refractivity contribution in [3.8, 4) is 11.5 Å². The summed E-state index contributed by atoms with van der Waals surface area (Å²) in [6.45, 7) is 2.57. The monoisotopic (exact) mass is 287 g/mol. The van der Waals surface area contributed by atoms with E-state index in [2.05, 4.69) is 5.32 Å². The quantitative estimate of drug-likeness (QED) is 0.922. The molecule has 0 amide bonds. The van der Waals surface area contributed by atoms with Crippen LogP contribution in [0.2, 0.25) is 0 Å². The first-order valence-electron chi connectivity index (χ1n) is 7.01. The molecule has 1 aliphatic rings. The first kappa shape index (κ1) is 13.7. The molecule has 1 N–H and O–H groups in total. The van der Waals surface area contributed by atoms with Gasteiger partial charge in [0.15, 0.2) is 0 Å². The van der Waals surface area contributed by atoms with E-state index in [0.29, 0.717) is 12.3 Å². The van der Waals surface area contributed by atoms with E-state index in [-0.39, 0.29) is 11.9 Å². The molecule has 1 heterocycles. The summed E-state index contributed by atoms with van der Waals surface area (Å²) < 4.78 is 24.8. The molecular weight excluding hydrogens is 269 g/mol. The molecule has 2 aromatic carbocycles. The van der Waals surface area contributed by atoms with E-state index < -0.39 is 0 Å². The SMILES string of the molecule is COc1ccc2c(c1)C(Nc1cc(C)ccc1F)CCO2. The number of anilines is 1. The van der Waals surface area contributed by atoms with Crippen LogP contribution < -0.4 is 14.8 Å². The summed E-state index contributed by atoms with van der Waals surface area (Å²) in [5.74, 6) is 1.36. The fraction of sp³-hybridized carbons (Fsp3) is 0.294. The van der Waals surface area contributed by atoms with Gasteiger partial charge >= 0.3 is 0 Å². The van der Waals surface area contributed by atoms with Gasteiger partial charge in [0.2, 0.25) is 0 Å². The molecule has 0 aromatic heterocycles. The number of ether oxygens (including phenoxy) is 2. The zero-order valence-electron chi connectivity index (χ0n) is 12.2. The summed E-state index contributed by atoms with van der Waals surface area (Å²) in [4.78, 5) is 0. The third kappa shape index (κ3) is 2.79. The Labute approximate surface area is 123 Å². The number of hydrogen-bond donors (Lipinski definition) is 1. The van der Waals surface area contributed by atoms with Crippen LogP contribution in [0.4, 0.5) is 10.1 Å². The van der Waals surface area contributed by atoms with Crippen LogP contribution in [0.1, 0.15) is 23.6 Å². The third-order valence-corrected chi connectivity index (χ3v) is 3.71. The second-order valence-electron chi connectivity index (χ2n) is 5.22. The maximum atomic E-state index is 13.9. The predicted octanol–water partition coefficient (Wildman–Crippen LogP) is 4.08. The Morgan fingerprint density at radius 2 is 2.10 bits per heavy atom. The van der Waals surface area contributed by atoms with Gasteiger partial charge in [-0.3, -0.25) is 0 Å². The number of methoxy groups -OCH3 is 1. The number of rotatable bonds is 3. The molecule has 2 aromatic rings. The van der Waals surface area contributed by atoms with Crippen molar-refractivity contribution in [3.63, 3.8) is 0 Å². The first-order valence-corrected chi connectivity index (χ1v) is 7.01. The van der Waals surface area contributed by atoms with E-state index in [1.807, 2.05) is 31.2 Å². The molecular formula is C17H18FNO2. The van der Waals surface area contributed by atoms with Crippen molar-refractivity contribution in [2.24, 2.45) is 0 Å². The summed E-state index contributed by atoms with van der Waals surface area (Å²) in [7, 11) is 1.63. The summed E-state index contributed by atoms with van der Waals surface area (Å²) in [6.07, 6.45) is 0.785. The first-order chi connectivity index (χ1) is 10.2. The van der Waals surface area contributed by atoms with Crippen molar-refractivity contribution >= 4 is 5.69 Å². The van der Waals surface area contributed by atoms with E-state index in [1.54, 1.807) is 13.2 Å². The van der Waals surface area contributed by atoms with Crippen molar-refractivity contribution in [1.29, 1.82) is 0 Å². The lowest BCUT2D eigenvalue weighted by molar-refractivity contribution is 0.273. The van der Waals surface area contributed by atoms with Gasteiger partial charge in [0.1, 0.15) is 17.3 Å². The molecule has 0 radical (unpaired) electrons. The summed E-state index contributed by atoms with van der Waals surface area (Å²) in [5.41, 5.74) is 2.55. The van der Waals surface area contributed by atoms with Crippen molar-refractivity contribution in [2.45, 2.75) is 19.4 Å². The van der Waals surface area contributed by atoms with Crippen LogP contribution >= 0.6 is 0 Å². The Morgan fingerprint density at radius 1 is 1.24 bits per heavy atom. The highest BCUT2D eigenvalue weighted by Crippen LogP contribution is 2.37. The van der Waals surface area contributed by atoms with E-state index in [0.717, 1.165) is 29.0 Å². The lowest BCUT2D eigenvalue weighted by atomic mass is 9.99. The molecule has 0 saturated carbocycles. The van der Waals surface area contributed by atoms with E-state index in [9.17, 15) is 4.39 Å². The maximum absolute atomic E-state index is 13.9. The highest BCUT2D eigenvalue weighted by Gasteiger charge is 2.23. The molecule has 0 bridgehead atoms. The van der Waals surface area contributed by atoms with Gasteiger partial charge < -0.3 is 14.8 Å². The van der Waals surface area contributed by atoms with Gasteiger partial charge in [0, 0.05) is 12.0 Å². The van der Waals surface area contributed by atoms with Gasteiger partial charge in [-0.05, 0) is 42.8 Å². The van der Waals surface area contributed by atoms with Gasteiger partial charge in [-0.1, -0.05) is 6.07 Å². The molecule has 21 heavy (non-hydrogen) atoms. The van der Waals surface area contributed by atoms with E-state index in [4.69, 9.17) is 9.47 Å². The third-order valence-electron chi connectivity index (χ3n) is 3.71. The van der Waals surface area contributed by atoms with Crippen LogP contribution in [0.5, 0.6) is 11.5 Å². The highest BCUT2D eigenvalue weighted by molar-refractivity contribution is 5.52. The average Bonchev–Trinajstić information content (AvgIpc) is 2.51. The summed E-state index contributed by atoms with van der Waals surface area (Å²) >= 11 is 0. The van der Waals surface area contributed by atoms with Crippen LogP contribution in [-0.2, 0) is 0 Å². The molecule has 0 aliphatic carbocycles. The minimum atomic E-state index is -0.239. The fourth-order valence-corrected chi connectivity index (χ4v) is 2.59. The van der Waals surface area contributed by atoms with Crippen molar-refractivity contribution in [3.05, 3.63) is 53.3 Å². The molecule has 110 valence electrons. The molecule has 0 saturated heterocycles. The zero-order chi connectivity index (χ0) is 14.8. The van der Waals surface area contributed by atoms with E-state index >= 15 is 0 Å². The van der Waals surface area contributed by atoms with Crippen LogP contribution in [-0.4, -0.2) is 13.7 Å². The second-order valence-corrected chi connectivity index (χ2v) is 5.22. The zero-order valence-corrected chi connectivity index (χ0v) is 12.2. The molecule has 3 rings (SSSR count). The lowest BCUT2D eigenvalue weighted by Gasteiger charge is -2.28. The van der Waals surface area contributed by atoms with Crippen LogP contribution in [0.3, 0.4) is 0 Å². The largest absolute Gasteiger partial charge is 0.497 e. The lowest BCUT2D eigenvalue weighted by Crippen LogP contribution is -2.21. The number of fused-ring (bicyclic) bond motifs is 1. The van der Waals surface area contributed by atoms with Crippen LogP contribution in [0.25, 0.3) is 0 Å². The van der Waals surface area contributed by atoms with E-state index in [1.165, 1.54) is 6.07 Å². The highest BCUT2D eigenvalue weighted by atomic mass is 19.1. The molecule has 4 heteroatoms. The minimum absolute atomic E-state index is 0.0140. The molecule has 1 atom stereocenters. The number of halogens is 1. The Kier molecular flexibility index (Phi) is 3.69. The Bertz CT molecular complexity index is 657. The summed E-state index contributed by atoms with van der Waals surface area (Å²) in [5, 5.41) is 3.29. The van der Waals surface area contributed by atoms with Gasteiger partial charge in [0.25, 0.3) is 0 Å². The Hall–Kier alpha value is -2.23. The number of benzene rings is 2. The second kappa shape index (κ2) is 5.64. The molecule has 1 aliphatic heterocycles. The average molecular weight is 287 g/mol. The van der Waals surface area contributed by atoms with Gasteiger partial charge in [0.05, 0.1) is 25.4 Å².